The molecular weight excluding hydrogens is 354 g/mol. The number of nitrogens with zero attached hydrogens (tertiary/aromatic N) is 3. The number of anilines is 2. The van der Waals surface area contributed by atoms with E-state index in [-0.39, 0.29) is 10.6 Å². The molecule has 9 heteroatoms. The molecule has 0 fully saturated rings. The van der Waals surface area contributed by atoms with Crippen LogP contribution in [0.5, 0.6) is 0 Å². The number of para-hydroxylation sites is 1. The van der Waals surface area contributed by atoms with Gasteiger partial charge in [0, 0.05) is 37.4 Å². The summed E-state index contributed by atoms with van der Waals surface area (Å²) in [6.45, 7) is 0. The van der Waals surface area contributed by atoms with Crippen LogP contribution < -0.4 is 9.62 Å². The van der Waals surface area contributed by atoms with Crippen molar-refractivity contribution in [3.8, 4) is 0 Å². The predicted molar refractivity (Wildman–Crippen MR) is 102 cm³/mol. The first kappa shape index (κ1) is 17.6. The molecule has 134 valence electrons. The lowest BCUT2D eigenvalue weighted by molar-refractivity contribution is -0.387. The van der Waals surface area contributed by atoms with Gasteiger partial charge in [0.2, 0.25) is 0 Å². The van der Waals surface area contributed by atoms with Crippen molar-refractivity contribution in [2.24, 2.45) is 0 Å². The molecule has 3 aromatic rings. The smallest absolute Gasteiger partial charge is 0.290 e. The molecule has 0 amide bonds. The highest BCUT2D eigenvalue weighted by Gasteiger charge is 2.24. The number of fused-ring (bicyclic) bond motifs is 1. The second-order valence-corrected chi connectivity index (χ2v) is 7.60. The molecule has 0 spiro atoms. The minimum absolute atomic E-state index is 0.180. The molecule has 1 heterocycles. The van der Waals surface area contributed by atoms with Crippen molar-refractivity contribution in [1.82, 2.24) is 4.98 Å². The highest BCUT2D eigenvalue weighted by atomic mass is 32.2. The summed E-state index contributed by atoms with van der Waals surface area (Å²) in [6.07, 6.45) is 1.59. The molecule has 0 aliphatic carbocycles. The Morgan fingerprint density at radius 1 is 1.19 bits per heavy atom. The van der Waals surface area contributed by atoms with Gasteiger partial charge in [-0.1, -0.05) is 18.2 Å². The summed E-state index contributed by atoms with van der Waals surface area (Å²) < 4.78 is 23.9. The Labute approximate surface area is 150 Å². The highest BCUT2D eigenvalue weighted by molar-refractivity contribution is 7.93. The lowest BCUT2D eigenvalue weighted by Gasteiger charge is -2.16. The third kappa shape index (κ3) is 3.29. The summed E-state index contributed by atoms with van der Waals surface area (Å²) in [6, 6.07) is 13.1. The first-order valence-electron chi connectivity index (χ1n) is 7.66. The van der Waals surface area contributed by atoms with Crippen molar-refractivity contribution in [3.63, 3.8) is 0 Å². The van der Waals surface area contributed by atoms with E-state index in [1.807, 2.05) is 12.1 Å². The molecule has 1 aromatic heterocycles. The molecule has 1 unspecified atom stereocenters. The van der Waals surface area contributed by atoms with Gasteiger partial charge in [-0.3, -0.25) is 19.8 Å². The van der Waals surface area contributed by atoms with Crippen LogP contribution in [0.25, 0.3) is 10.9 Å². The standard InChI is InChI=1S/C17H17N5O3S/c1-21(2)13-8-9-16(15(11-13)22(23)24)26(18,25)20-14-7-3-5-12-6-4-10-19-17(12)14/h3-11H,1-2H3,(H2,18,20,25). The van der Waals surface area contributed by atoms with Gasteiger partial charge in [-0.15, -0.1) is 0 Å². The third-order valence-electron chi connectivity index (χ3n) is 3.85. The molecule has 2 N–H and O–H groups in total. The van der Waals surface area contributed by atoms with Gasteiger partial charge in [0.15, 0.2) is 9.92 Å². The maximum absolute atomic E-state index is 13.0. The lowest BCUT2D eigenvalue weighted by atomic mass is 10.2. The van der Waals surface area contributed by atoms with Crippen LogP contribution in [0, 0.1) is 14.9 Å². The molecule has 1 atom stereocenters. The fraction of sp³-hybridized carbons (Fsp3) is 0.118. The van der Waals surface area contributed by atoms with Gasteiger partial charge in [-0.05, 0) is 24.3 Å². The maximum Gasteiger partial charge on any atom is 0.290 e. The molecule has 3 rings (SSSR count). The minimum atomic E-state index is -3.67. The zero-order chi connectivity index (χ0) is 18.9. The summed E-state index contributed by atoms with van der Waals surface area (Å²) in [5, 5.41) is 12.3. The summed E-state index contributed by atoms with van der Waals surface area (Å²) >= 11 is 0. The number of benzene rings is 2. The highest BCUT2D eigenvalue weighted by Crippen LogP contribution is 2.31. The predicted octanol–water partition coefficient (Wildman–Crippen LogP) is 3.64. The maximum atomic E-state index is 13.0. The van der Waals surface area contributed by atoms with E-state index in [1.54, 1.807) is 49.5 Å². The number of rotatable bonds is 5. The first-order valence-corrected chi connectivity index (χ1v) is 9.21. The van der Waals surface area contributed by atoms with Crippen molar-refractivity contribution in [2.45, 2.75) is 4.90 Å². The van der Waals surface area contributed by atoms with E-state index in [9.17, 15) is 14.3 Å². The summed E-state index contributed by atoms with van der Waals surface area (Å²) in [5.74, 6) is 0. The Bertz CT molecular complexity index is 1090. The number of aromatic nitrogens is 1. The molecule has 8 nitrogen and oxygen atoms in total. The average molecular weight is 371 g/mol. The van der Waals surface area contributed by atoms with Crippen LogP contribution in [0.2, 0.25) is 0 Å². The van der Waals surface area contributed by atoms with Crippen LogP contribution in [0.3, 0.4) is 0 Å². The Morgan fingerprint density at radius 2 is 1.92 bits per heavy atom. The van der Waals surface area contributed by atoms with E-state index >= 15 is 0 Å². The zero-order valence-electron chi connectivity index (χ0n) is 14.2. The van der Waals surface area contributed by atoms with Crippen molar-refractivity contribution >= 4 is 37.9 Å². The summed E-state index contributed by atoms with van der Waals surface area (Å²) in [4.78, 5) is 16.6. The summed E-state index contributed by atoms with van der Waals surface area (Å²) in [7, 11) is -0.180. The Hall–Kier alpha value is -3.20. The number of nitro benzene ring substituents is 1. The second-order valence-electron chi connectivity index (χ2n) is 5.84. The monoisotopic (exact) mass is 371 g/mol. The molecule has 0 radical (unpaired) electrons. The van der Waals surface area contributed by atoms with Gasteiger partial charge < -0.3 is 4.90 Å². The molecule has 0 aliphatic rings. The van der Waals surface area contributed by atoms with Gasteiger partial charge in [-0.2, -0.15) is 0 Å². The van der Waals surface area contributed by atoms with E-state index in [0.717, 1.165) is 5.39 Å². The quantitative estimate of drug-likeness (QED) is 0.525. The van der Waals surface area contributed by atoms with Crippen LogP contribution in [-0.2, 0) is 9.92 Å². The van der Waals surface area contributed by atoms with Gasteiger partial charge in [-0.25, -0.2) is 8.99 Å². The molecule has 0 saturated carbocycles. The molecule has 0 aliphatic heterocycles. The van der Waals surface area contributed by atoms with Crippen LogP contribution in [0.1, 0.15) is 0 Å². The number of hydrogen-bond acceptors (Lipinski definition) is 6. The average Bonchev–Trinajstić information content (AvgIpc) is 2.61. The van der Waals surface area contributed by atoms with E-state index in [1.165, 1.54) is 12.1 Å². The van der Waals surface area contributed by atoms with E-state index in [4.69, 9.17) is 4.78 Å². The first-order chi connectivity index (χ1) is 12.3. The third-order valence-corrected chi connectivity index (χ3v) is 5.32. The van der Waals surface area contributed by atoms with E-state index in [2.05, 4.69) is 9.71 Å². The van der Waals surface area contributed by atoms with Gasteiger partial charge >= 0.3 is 0 Å². The lowest BCUT2D eigenvalue weighted by Crippen LogP contribution is -2.15. The van der Waals surface area contributed by atoms with Crippen LogP contribution >= 0.6 is 0 Å². The van der Waals surface area contributed by atoms with Gasteiger partial charge in [0.1, 0.15) is 4.90 Å². The fourth-order valence-electron chi connectivity index (χ4n) is 2.57. The fourth-order valence-corrected chi connectivity index (χ4v) is 3.84. The van der Waals surface area contributed by atoms with Crippen molar-refractivity contribution in [3.05, 3.63) is 64.8 Å². The van der Waals surface area contributed by atoms with E-state index in [0.29, 0.717) is 16.9 Å². The number of hydrogen-bond donors (Lipinski definition) is 2. The minimum Gasteiger partial charge on any atom is -0.377 e. The van der Waals surface area contributed by atoms with Crippen molar-refractivity contribution in [1.29, 1.82) is 4.78 Å². The Kier molecular flexibility index (Phi) is 4.47. The molecular formula is C17H17N5O3S. The van der Waals surface area contributed by atoms with Crippen LogP contribution in [0.15, 0.2) is 59.6 Å². The van der Waals surface area contributed by atoms with E-state index < -0.39 is 14.8 Å². The molecule has 26 heavy (non-hydrogen) atoms. The SMILES string of the molecule is CN(C)c1ccc(S(=N)(=O)Nc2cccc3cccnc23)c([N+](=O)[O-])c1. The Balaban J connectivity index is 2.09. The topological polar surface area (TPSA) is 112 Å². The van der Waals surface area contributed by atoms with Crippen molar-refractivity contribution in [2.75, 3.05) is 23.7 Å². The largest absolute Gasteiger partial charge is 0.377 e. The van der Waals surface area contributed by atoms with Gasteiger partial charge in [0.05, 0.1) is 16.1 Å². The van der Waals surface area contributed by atoms with Gasteiger partial charge in [0.25, 0.3) is 5.69 Å². The molecule has 2 aromatic carbocycles. The molecule has 0 bridgehead atoms. The Morgan fingerprint density at radius 3 is 2.62 bits per heavy atom. The second kappa shape index (κ2) is 6.60. The number of nitrogens with one attached hydrogen (secondary N) is 2. The normalized spacial score (nSPS) is 13.2. The zero-order valence-corrected chi connectivity index (χ0v) is 15.0. The van der Waals surface area contributed by atoms with Crippen LogP contribution in [-0.4, -0.2) is 28.2 Å². The van der Waals surface area contributed by atoms with Crippen molar-refractivity contribution < 1.29 is 9.13 Å². The van der Waals surface area contributed by atoms with Crippen LogP contribution in [0.4, 0.5) is 17.1 Å². The molecule has 0 saturated heterocycles. The summed E-state index contributed by atoms with van der Waals surface area (Å²) in [5.41, 5.74) is 1.15. The number of nitro groups is 1. The number of pyridine rings is 1.